The highest BCUT2D eigenvalue weighted by Crippen LogP contribution is 2.04. The standard InChI is InChI=1S/C10H19N5O/c1-4-8(3)15(5-2)9(16)6-14-7-12-10(11)13-14/h7-8H,4-6H2,1-3H3,(H2,11,13). The van der Waals surface area contributed by atoms with Gasteiger partial charge in [0.1, 0.15) is 12.9 Å². The largest absolute Gasteiger partial charge is 0.367 e. The molecule has 0 saturated heterocycles. The van der Waals surface area contributed by atoms with E-state index >= 15 is 0 Å². The Morgan fingerprint density at radius 3 is 2.75 bits per heavy atom. The summed E-state index contributed by atoms with van der Waals surface area (Å²) >= 11 is 0. The number of anilines is 1. The zero-order valence-electron chi connectivity index (χ0n) is 10.1. The predicted molar refractivity (Wildman–Crippen MR) is 61.6 cm³/mol. The first-order valence-electron chi connectivity index (χ1n) is 5.52. The molecule has 2 N–H and O–H groups in total. The lowest BCUT2D eigenvalue weighted by molar-refractivity contribution is -0.133. The molecule has 0 bridgehead atoms. The van der Waals surface area contributed by atoms with Gasteiger partial charge < -0.3 is 10.6 Å². The van der Waals surface area contributed by atoms with Gasteiger partial charge in [-0.2, -0.15) is 0 Å². The van der Waals surface area contributed by atoms with Gasteiger partial charge in [0.15, 0.2) is 0 Å². The van der Waals surface area contributed by atoms with E-state index < -0.39 is 0 Å². The molecule has 0 aliphatic heterocycles. The van der Waals surface area contributed by atoms with Gasteiger partial charge in [-0.3, -0.25) is 4.79 Å². The third kappa shape index (κ3) is 2.95. The van der Waals surface area contributed by atoms with Crippen molar-refractivity contribution in [1.29, 1.82) is 0 Å². The molecular weight excluding hydrogens is 206 g/mol. The normalized spacial score (nSPS) is 12.4. The van der Waals surface area contributed by atoms with Gasteiger partial charge in [-0.05, 0) is 20.3 Å². The summed E-state index contributed by atoms with van der Waals surface area (Å²) in [5.41, 5.74) is 5.38. The third-order valence-electron chi connectivity index (χ3n) is 2.64. The molecule has 0 aliphatic carbocycles. The number of nitrogens with zero attached hydrogens (tertiary/aromatic N) is 4. The molecular formula is C10H19N5O. The van der Waals surface area contributed by atoms with Crippen molar-refractivity contribution < 1.29 is 4.79 Å². The van der Waals surface area contributed by atoms with Crippen molar-refractivity contribution in [3.8, 4) is 0 Å². The van der Waals surface area contributed by atoms with Crippen LogP contribution in [0.2, 0.25) is 0 Å². The maximum Gasteiger partial charge on any atom is 0.244 e. The number of nitrogens with two attached hydrogens (primary N) is 1. The molecule has 6 nitrogen and oxygen atoms in total. The highest BCUT2D eigenvalue weighted by atomic mass is 16.2. The summed E-state index contributed by atoms with van der Waals surface area (Å²) in [6.45, 7) is 6.98. The fourth-order valence-corrected chi connectivity index (χ4v) is 1.57. The monoisotopic (exact) mass is 225 g/mol. The van der Waals surface area contributed by atoms with E-state index in [9.17, 15) is 4.79 Å². The minimum absolute atomic E-state index is 0.0433. The number of likely N-dealkylation sites (N-methyl/N-ethyl adjacent to an activating group) is 1. The van der Waals surface area contributed by atoms with E-state index in [1.807, 2.05) is 18.7 Å². The minimum atomic E-state index is 0.0433. The van der Waals surface area contributed by atoms with Crippen molar-refractivity contribution in [2.75, 3.05) is 12.3 Å². The topological polar surface area (TPSA) is 77.0 Å². The second-order valence-electron chi connectivity index (χ2n) is 3.74. The zero-order valence-corrected chi connectivity index (χ0v) is 10.1. The number of carbonyl (C=O) groups excluding carboxylic acids is 1. The molecule has 0 spiro atoms. The van der Waals surface area contributed by atoms with Crippen molar-refractivity contribution in [3.63, 3.8) is 0 Å². The van der Waals surface area contributed by atoms with Gasteiger partial charge in [-0.15, -0.1) is 5.10 Å². The van der Waals surface area contributed by atoms with E-state index in [1.54, 1.807) is 0 Å². The van der Waals surface area contributed by atoms with Gasteiger partial charge in [0.2, 0.25) is 11.9 Å². The van der Waals surface area contributed by atoms with Crippen LogP contribution in [-0.4, -0.2) is 38.2 Å². The lowest BCUT2D eigenvalue weighted by Crippen LogP contribution is -2.40. The van der Waals surface area contributed by atoms with Crippen LogP contribution in [-0.2, 0) is 11.3 Å². The molecule has 16 heavy (non-hydrogen) atoms. The van der Waals surface area contributed by atoms with Crippen LogP contribution < -0.4 is 5.73 Å². The van der Waals surface area contributed by atoms with Gasteiger partial charge in [-0.25, -0.2) is 9.67 Å². The molecule has 90 valence electrons. The smallest absolute Gasteiger partial charge is 0.244 e. The van der Waals surface area contributed by atoms with Gasteiger partial charge >= 0.3 is 0 Å². The number of carbonyl (C=O) groups is 1. The van der Waals surface area contributed by atoms with E-state index in [2.05, 4.69) is 17.0 Å². The first kappa shape index (κ1) is 12.5. The molecule has 1 amide bonds. The van der Waals surface area contributed by atoms with Crippen LogP contribution >= 0.6 is 0 Å². The quantitative estimate of drug-likeness (QED) is 0.792. The molecule has 1 heterocycles. The average molecular weight is 225 g/mol. The fraction of sp³-hybridized carbons (Fsp3) is 0.700. The van der Waals surface area contributed by atoms with Gasteiger partial charge in [-0.1, -0.05) is 6.92 Å². The number of aromatic nitrogens is 3. The molecule has 6 heteroatoms. The van der Waals surface area contributed by atoms with Gasteiger partial charge in [0.25, 0.3) is 0 Å². The van der Waals surface area contributed by atoms with Crippen LogP contribution in [0.25, 0.3) is 0 Å². The number of nitrogen functional groups attached to an aromatic ring is 1. The maximum atomic E-state index is 11.9. The Labute approximate surface area is 95.4 Å². The summed E-state index contributed by atoms with van der Waals surface area (Å²) in [5.74, 6) is 0.237. The summed E-state index contributed by atoms with van der Waals surface area (Å²) in [5, 5.41) is 3.89. The van der Waals surface area contributed by atoms with Crippen molar-refractivity contribution in [3.05, 3.63) is 6.33 Å². The van der Waals surface area contributed by atoms with Gasteiger partial charge in [0, 0.05) is 12.6 Å². The molecule has 1 aromatic rings. The minimum Gasteiger partial charge on any atom is -0.367 e. The summed E-state index contributed by atoms with van der Waals surface area (Å²) < 4.78 is 1.46. The molecule has 1 rings (SSSR count). The third-order valence-corrected chi connectivity index (χ3v) is 2.64. The Balaban J connectivity index is 2.62. The van der Waals surface area contributed by atoms with Crippen molar-refractivity contribution in [1.82, 2.24) is 19.7 Å². The fourth-order valence-electron chi connectivity index (χ4n) is 1.57. The van der Waals surface area contributed by atoms with Crippen molar-refractivity contribution in [2.24, 2.45) is 0 Å². The molecule has 0 aliphatic rings. The number of amides is 1. The van der Waals surface area contributed by atoms with Crippen LogP contribution in [0.4, 0.5) is 5.95 Å². The molecule has 0 aromatic carbocycles. The predicted octanol–water partition coefficient (Wildman–Crippen LogP) is 0.507. The molecule has 1 aromatic heterocycles. The zero-order chi connectivity index (χ0) is 12.1. The molecule has 0 fully saturated rings. The lowest BCUT2D eigenvalue weighted by Gasteiger charge is -2.27. The summed E-state index contributed by atoms with van der Waals surface area (Å²) in [6, 6.07) is 0.248. The average Bonchev–Trinajstić information content (AvgIpc) is 2.64. The van der Waals surface area contributed by atoms with Crippen LogP contribution in [0.5, 0.6) is 0 Å². The Hall–Kier alpha value is -1.59. The first-order chi connectivity index (χ1) is 7.58. The summed E-state index contributed by atoms with van der Waals surface area (Å²) in [7, 11) is 0. The molecule has 1 unspecified atom stereocenters. The highest BCUT2D eigenvalue weighted by Gasteiger charge is 2.17. The Bertz CT molecular complexity index is 349. The molecule has 1 atom stereocenters. The van der Waals surface area contributed by atoms with Crippen LogP contribution in [0.15, 0.2) is 6.33 Å². The highest BCUT2D eigenvalue weighted by molar-refractivity contribution is 5.76. The van der Waals surface area contributed by atoms with Crippen LogP contribution in [0.1, 0.15) is 27.2 Å². The van der Waals surface area contributed by atoms with Crippen LogP contribution in [0.3, 0.4) is 0 Å². The van der Waals surface area contributed by atoms with Crippen molar-refractivity contribution in [2.45, 2.75) is 39.8 Å². The Morgan fingerprint density at radius 1 is 1.62 bits per heavy atom. The van der Waals surface area contributed by atoms with E-state index in [0.29, 0.717) is 6.54 Å². The SMILES string of the molecule is CCC(C)N(CC)C(=O)Cn1cnc(N)n1. The second-order valence-corrected chi connectivity index (χ2v) is 3.74. The molecule has 0 radical (unpaired) electrons. The summed E-state index contributed by atoms with van der Waals surface area (Å²) in [6.07, 6.45) is 2.41. The number of hydrogen-bond donors (Lipinski definition) is 1. The number of hydrogen-bond acceptors (Lipinski definition) is 4. The number of rotatable bonds is 5. The van der Waals surface area contributed by atoms with E-state index in [-0.39, 0.29) is 24.4 Å². The lowest BCUT2D eigenvalue weighted by atomic mass is 10.2. The van der Waals surface area contributed by atoms with Gasteiger partial charge in [0.05, 0.1) is 0 Å². The first-order valence-corrected chi connectivity index (χ1v) is 5.52. The van der Waals surface area contributed by atoms with E-state index in [1.165, 1.54) is 11.0 Å². The van der Waals surface area contributed by atoms with E-state index in [4.69, 9.17) is 5.73 Å². The summed E-state index contributed by atoms with van der Waals surface area (Å²) in [4.78, 5) is 17.6. The van der Waals surface area contributed by atoms with Crippen molar-refractivity contribution >= 4 is 11.9 Å². The Morgan fingerprint density at radius 2 is 2.31 bits per heavy atom. The second kappa shape index (κ2) is 5.48. The van der Waals surface area contributed by atoms with Crippen LogP contribution in [0, 0.1) is 0 Å². The maximum absolute atomic E-state index is 11.9. The Kier molecular flexibility index (Phi) is 4.28. The van der Waals surface area contributed by atoms with E-state index in [0.717, 1.165) is 6.42 Å². The molecule has 0 saturated carbocycles.